The van der Waals surface area contributed by atoms with Crippen LogP contribution in [-0.4, -0.2) is 22.1 Å². The number of aromatic carboxylic acids is 1. The third-order valence-electron chi connectivity index (χ3n) is 3.65. The molecular weight excluding hydrogens is 228 g/mol. The molecule has 2 N–H and O–H groups in total. The highest BCUT2D eigenvalue weighted by Gasteiger charge is 2.20. The molecule has 1 heterocycles. The Morgan fingerprint density at radius 1 is 1.39 bits per heavy atom. The molecule has 0 aromatic carbocycles. The fourth-order valence-electron chi connectivity index (χ4n) is 2.47. The van der Waals surface area contributed by atoms with Gasteiger partial charge in [0.25, 0.3) is 0 Å². The van der Waals surface area contributed by atoms with Crippen LogP contribution in [0.15, 0.2) is 12.3 Å². The lowest BCUT2D eigenvalue weighted by Gasteiger charge is -2.28. The Morgan fingerprint density at radius 2 is 2.06 bits per heavy atom. The maximum absolute atomic E-state index is 11.1. The zero-order valence-electron chi connectivity index (χ0n) is 10.9. The van der Waals surface area contributed by atoms with Gasteiger partial charge in [-0.2, -0.15) is 0 Å². The monoisotopic (exact) mass is 248 g/mol. The maximum atomic E-state index is 11.1. The minimum absolute atomic E-state index is 0.263. The second-order valence-electron chi connectivity index (χ2n) is 5.28. The van der Waals surface area contributed by atoms with Crippen molar-refractivity contribution in [3.63, 3.8) is 0 Å². The van der Waals surface area contributed by atoms with Gasteiger partial charge in [-0.25, -0.2) is 4.79 Å². The number of nitrogens with zero attached hydrogens (tertiary/aromatic N) is 1. The molecule has 1 saturated carbocycles. The van der Waals surface area contributed by atoms with Crippen molar-refractivity contribution in [1.82, 2.24) is 4.98 Å². The Hall–Kier alpha value is -1.58. The van der Waals surface area contributed by atoms with E-state index in [1.165, 1.54) is 19.0 Å². The molecule has 1 aromatic rings. The van der Waals surface area contributed by atoms with Crippen LogP contribution in [0.2, 0.25) is 0 Å². The summed E-state index contributed by atoms with van der Waals surface area (Å²) in [6.45, 7) is 4.15. The smallest absolute Gasteiger partial charge is 0.339 e. The molecule has 4 nitrogen and oxygen atoms in total. The van der Waals surface area contributed by atoms with Crippen molar-refractivity contribution >= 4 is 11.7 Å². The van der Waals surface area contributed by atoms with E-state index in [1.807, 2.05) is 13.0 Å². The van der Waals surface area contributed by atoms with Crippen molar-refractivity contribution in [2.45, 2.75) is 45.6 Å². The predicted octanol–water partition coefficient (Wildman–Crippen LogP) is 3.08. The average Bonchev–Trinajstić information content (AvgIpc) is 2.32. The lowest BCUT2D eigenvalue weighted by molar-refractivity contribution is 0.0697. The molecule has 1 aliphatic carbocycles. The summed E-state index contributed by atoms with van der Waals surface area (Å²) >= 11 is 0. The Bertz CT molecular complexity index is 437. The van der Waals surface area contributed by atoms with Crippen LogP contribution in [0.3, 0.4) is 0 Å². The maximum Gasteiger partial charge on any atom is 0.339 e. The second-order valence-corrected chi connectivity index (χ2v) is 5.28. The van der Waals surface area contributed by atoms with Gasteiger partial charge < -0.3 is 10.4 Å². The molecule has 0 radical (unpaired) electrons. The number of aromatic nitrogens is 1. The number of carboxylic acid groups (broad SMARTS) is 1. The van der Waals surface area contributed by atoms with E-state index in [4.69, 9.17) is 5.11 Å². The highest BCUT2D eigenvalue weighted by atomic mass is 16.4. The summed E-state index contributed by atoms with van der Waals surface area (Å²) in [4.78, 5) is 15.2. The molecule has 0 amide bonds. The number of pyridine rings is 1. The minimum atomic E-state index is -0.922. The van der Waals surface area contributed by atoms with Gasteiger partial charge in [0.15, 0.2) is 0 Å². The Morgan fingerprint density at radius 3 is 2.67 bits per heavy atom. The van der Waals surface area contributed by atoms with Gasteiger partial charge >= 0.3 is 5.97 Å². The van der Waals surface area contributed by atoms with Crippen LogP contribution < -0.4 is 5.32 Å². The molecule has 0 spiro atoms. The molecule has 1 fully saturated rings. The molecular formula is C14H20N2O2. The van der Waals surface area contributed by atoms with Gasteiger partial charge in [0, 0.05) is 17.9 Å². The number of anilines is 1. The first-order valence-electron chi connectivity index (χ1n) is 6.52. The summed E-state index contributed by atoms with van der Waals surface area (Å²) in [5.41, 5.74) is 1.81. The summed E-state index contributed by atoms with van der Waals surface area (Å²) in [6.07, 6.45) is 6.09. The zero-order chi connectivity index (χ0) is 13.1. The first-order valence-corrected chi connectivity index (χ1v) is 6.52. The van der Waals surface area contributed by atoms with E-state index in [2.05, 4.69) is 17.2 Å². The SMILES string of the molecule is Cc1cc(NC2CCC(C)CC2)c(C(=O)O)cn1. The van der Waals surface area contributed by atoms with Crippen LogP contribution in [0, 0.1) is 12.8 Å². The van der Waals surface area contributed by atoms with Crippen LogP contribution in [0.1, 0.15) is 48.7 Å². The molecule has 0 atom stereocenters. The van der Waals surface area contributed by atoms with Crippen molar-refractivity contribution < 1.29 is 9.90 Å². The molecule has 2 rings (SSSR count). The normalized spacial score (nSPS) is 23.7. The van der Waals surface area contributed by atoms with E-state index in [1.54, 1.807) is 0 Å². The Kier molecular flexibility index (Phi) is 3.84. The average molecular weight is 248 g/mol. The number of carbonyl (C=O) groups is 1. The van der Waals surface area contributed by atoms with Gasteiger partial charge in [0.2, 0.25) is 0 Å². The van der Waals surface area contributed by atoms with Crippen LogP contribution in [-0.2, 0) is 0 Å². The standard InChI is InChI=1S/C14H20N2O2/c1-9-3-5-11(6-4-9)16-13-7-10(2)15-8-12(13)14(17)18/h7-9,11H,3-6H2,1-2H3,(H,15,16)(H,17,18). The summed E-state index contributed by atoms with van der Waals surface area (Å²) in [5, 5.41) is 12.5. The van der Waals surface area contributed by atoms with Crippen LogP contribution in [0.25, 0.3) is 0 Å². The molecule has 18 heavy (non-hydrogen) atoms. The van der Waals surface area contributed by atoms with Gasteiger partial charge in [-0.3, -0.25) is 4.98 Å². The molecule has 1 aliphatic rings. The number of rotatable bonds is 3. The fraction of sp³-hybridized carbons (Fsp3) is 0.571. The second kappa shape index (κ2) is 5.38. The van der Waals surface area contributed by atoms with Gasteiger partial charge in [0.05, 0.1) is 5.69 Å². The molecule has 98 valence electrons. The topological polar surface area (TPSA) is 62.2 Å². The quantitative estimate of drug-likeness (QED) is 0.863. The van der Waals surface area contributed by atoms with Gasteiger partial charge in [-0.05, 0) is 44.6 Å². The van der Waals surface area contributed by atoms with Crippen molar-refractivity contribution in [2.24, 2.45) is 5.92 Å². The molecule has 0 unspecified atom stereocenters. The van der Waals surface area contributed by atoms with Gasteiger partial charge in [0.1, 0.15) is 5.56 Å². The Labute approximate surface area is 107 Å². The van der Waals surface area contributed by atoms with E-state index in [-0.39, 0.29) is 5.56 Å². The van der Waals surface area contributed by atoms with Crippen molar-refractivity contribution in [2.75, 3.05) is 5.32 Å². The molecule has 1 aromatic heterocycles. The first kappa shape index (κ1) is 12.9. The van der Waals surface area contributed by atoms with Crippen molar-refractivity contribution in [1.29, 1.82) is 0 Å². The summed E-state index contributed by atoms with van der Waals surface area (Å²) in [7, 11) is 0. The van der Waals surface area contributed by atoms with Gasteiger partial charge in [-0.15, -0.1) is 0 Å². The predicted molar refractivity (Wildman–Crippen MR) is 71.0 cm³/mol. The highest BCUT2D eigenvalue weighted by Crippen LogP contribution is 2.27. The lowest BCUT2D eigenvalue weighted by Crippen LogP contribution is -2.26. The molecule has 4 heteroatoms. The molecule has 0 saturated heterocycles. The number of nitrogens with one attached hydrogen (secondary N) is 1. The number of hydrogen-bond donors (Lipinski definition) is 2. The minimum Gasteiger partial charge on any atom is -0.478 e. The number of hydrogen-bond acceptors (Lipinski definition) is 3. The van der Waals surface area contributed by atoms with E-state index < -0.39 is 5.97 Å². The largest absolute Gasteiger partial charge is 0.478 e. The van der Waals surface area contributed by atoms with E-state index in [0.717, 1.165) is 24.5 Å². The summed E-state index contributed by atoms with van der Waals surface area (Å²) < 4.78 is 0. The van der Waals surface area contributed by atoms with E-state index in [0.29, 0.717) is 11.7 Å². The summed E-state index contributed by atoms with van der Waals surface area (Å²) in [6, 6.07) is 2.21. The number of carboxylic acids is 1. The zero-order valence-corrected chi connectivity index (χ0v) is 10.9. The Balaban J connectivity index is 2.12. The fourth-order valence-corrected chi connectivity index (χ4v) is 2.47. The van der Waals surface area contributed by atoms with Crippen molar-refractivity contribution in [3.05, 3.63) is 23.5 Å². The molecule has 0 aliphatic heterocycles. The molecule has 0 bridgehead atoms. The third kappa shape index (κ3) is 3.00. The van der Waals surface area contributed by atoms with Gasteiger partial charge in [-0.1, -0.05) is 6.92 Å². The van der Waals surface area contributed by atoms with Crippen molar-refractivity contribution in [3.8, 4) is 0 Å². The third-order valence-corrected chi connectivity index (χ3v) is 3.65. The first-order chi connectivity index (χ1) is 8.56. The van der Waals surface area contributed by atoms with Crippen LogP contribution in [0.5, 0.6) is 0 Å². The highest BCUT2D eigenvalue weighted by molar-refractivity contribution is 5.93. The van der Waals surface area contributed by atoms with E-state index >= 15 is 0 Å². The van der Waals surface area contributed by atoms with Crippen LogP contribution >= 0.6 is 0 Å². The summed E-state index contributed by atoms with van der Waals surface area (Å²) in [5.74, 6) is -0.129. The number of aryl methyl sites for hydroxylation is 1. The van der Waals surface area contributed by atoms with Crippen LogP contribution in [0.4, 0.5) is 5.69 Å². The van der Waals surface area contributed by atoms with E-state index in [9.17, 15) is 4.79 Å². The lowest BCUT2D eigenvalue weighted by atomic mass is 9.87.